The summed E-state index contributed by atoms with van der Waals surface area (Å²) in [6.07, 6.45) is -0.130. The Morgan fingerprint density at radius 3 is 2.89 bits per heavy atom. The standard InChI is InChI=1S/C14H12N2O2/c1-2-4-13-10(3-1)16-14(18-13)9-5-6-12-11(7-9)15-8-17-12/h1-7,14-16H,8H2. The second-order valence-corrected chi connectivity index (χ2v) is 4.36. The number of nitrogens with one attached hydrogen (secondary N) is 2. The van der Waals surface area contributed by atoms with Gasteiger partial charge in [-0.1, -0.05) is 12.1 Å². The highest BCUT2D eigenvalue weighted by Gasteiger charge is 2.24. The number of benzene rings is 2. The van der Waals surface area contributed by atoms with E-state index in [4.69, 9.17) is 9.47 Å². The van der Waals surface area contributed by atoms with Crippen molar-refractivity contribution in [2.24, 2.45) is 0 Å². The maximum Gasteiger partial charge on any atom is 0.196 e. The molecule has 2 heterocycles. The van der Waals surface area contributed by atoms with Crippen LogP contribution < -0.4 is 20.1 Å². The van der Waals surface area contributed by atoms with Crippen molar-refractivity contribution < 1.29 is 9.47 Å². The number of rotatable bonds is 1. The number of fused-ring (bicyclic) bond motifs is 2. The Balaban J connectivity index is 1.66. The summed E-state index contributed by atoms with van der Waals surface area (Å²) < 4.78 is 11.3. The van der Waals surface area contributed by atoms with Gasteiger partial charge in [0.1, 0.15) is 11.5 Å². The third-order valence-corrected chi connectivity index (χ3v) is 3.22. The Morgan fingerprint density at radius 2 is 1.94 bits per heavy atom. The highest BCUT2D eigenvalue weighted by atomic mass is 16.5. The van der Waals surface area contributed by atoms with E-state index in [0.717, 1.165) is 28.4 Å². The number of ether oxygens (including phenoxy) is 2. The van der Waals surface area contributed by atoms with Gasteiger partial charge in [0.25, 0.3) is 0 Å². The van der Waals surface area contributed by atoms with Crippen molar-refractivity contribution in [3.63, 3.8) is 0 Å². The maximum atomic E-state index is 5.87. The second kappa shape index (κ2) is 3.57. The number of hydrogen-bond donors (Lipinski definition) is 2. The van der Waals surface area contributed by atoms with Gasteiger partial charge in [-0.2, -0.15) is 0 Å². The minimum absolute atomic E-state index is 0.130. The smallest absolute Gasteiger partial charge is 0.196 e. The molecule has 0 fully saturated rings. The largest absolute Gasteiger partial charge is 0.471 e. The monoisotopic (exact) mass is 240 g/mol. The molecule has 18 heavy (non-hydrogen) atoms. The number of hydrogen-bond acceptors (Lipinski definition) is 4. The molecule has 1 atom stereocenters. The van der Waals surface area contributed by atoms with Crippen LogP contribution in [-0.4, -0.2) is 6.73 Å². The van der Waals surface area contributed by atoms with E-state index < -0.39 is 0 Å². The van der Waals surface area contributed by atoms with E-state index in [1.165, 1.54) is 0 Å². The molecule has 2 aromatic rings. The zero-order chi connectivity index (χ0) is 11.9. The molecule has 4 nitrogen and oxygen atoms in total. The Labute approximate surface area is 105 Å². The van der Waals surface area contributed by atoms with Crippen molar-refractivity contribution in [2.75, 3.05) is 17.4 Å². The van der Waals surface area contributed by atoms with E-state index in [-0.39, 0.29) is 6.23 Å². The summed E-state index contributed by atoms with van der Waals surface area (Å²) in [5.41, 5.74) is 3.14. The molecule has 2 N–H and O–H groups in total. The van der Waals surface area contributed by atoms with Crippen LogP contribution in [0.15, 0.2) is 42.5 Å². The van der Waals surface area contributed by atoms with Gasteiger partial charge in [-0.05, 0) is 30.3 Å². The lowest BCUT2D eigenvalue weighted by atomic mass is 10.1. The zero-order valence-corrected chi connectivity index (χ0v) is 9.64. The lowest BCUT2D eigenvalue weighted by Crippen LogP contribution is -2.10. The molecule has 4 heteroatoms. The third kappa shape index (κ3) is 1.39. The summed E-state index contributed by atoms with van der Waals surface area (Å²) in [6, 6.07) is 14.0. The third-order valence-electron chi connectivity index (χ3n) is 3.22. The summed E-state index contributed by atoms with van der Waals surface area (Å²) in [7, 11) is 0. The first-order valence-corrected chi connectivity index (χ1v) is 5.93. The fourth-order valence-corrected chi connectivity index (χ4v) is 2.30. The lowest BCUT2D eigenvalue weighted by Gasteiger charge is -2.12. The van der Waals surface area contributed by atoms with Gasteiger partial charge in [0.2, 0.25) is 0 Å². The molecule has 0 radical (unpaired) electrons. The van der Waals surface area contributed by atoms with Crippen LogP contribution in [0.3, 0.4) is 0 Å². The summed E-state index contributed by atoms with van der Waals surface area (Å²) in [5.74, 6) is 1.79. The van der Waals surface area contributed by atoms with Gasteiger partial charge in [-0.3, -0.25) is 0 Å². The second-order valence-electron chi connectivity index (χ2n) is 4.36. The van der Waals surface area contributed by atoms with Gasteiger partial charge in [0.05, 0.1) is 11.4 Å². The van der Waals surface area contributed by atoms with Crippen molar-refractivity contribution in [1.82, 2.24) is 0 Å². The summed E-state index contributed by atoms with van der Waals surface area (Å²) >= 11 is 0. The average Bonchev–Trinajstić information content (AvgIpc) is 3.04. The van der Waals surface area contributed by atoms with E-state index in [1.807, 2.05) is 36.4 Å². The fourth-order valence-electron chi connectivity index (χ4n) is 2.30. The molecule has 90 valence electrons. The first-order chi connectivity index (χ1) is 8.90. The Bertz CT molecular complexity index is 587. The molecule has 0 amide bonds. The van der Waals surface area contributed by atoms with Crippen molar-refractivity contribution in [3.8, 4) is 11.5 Å². The molecule has 0 aliphatic carbocycles. The van der Waals surface area contributed by atoms with Crippen LogP contribution in [-0.2, 0) is 0 Å². The molecule has 1 unspecified atom stereocenters. The molecule has 0 saturated heterocycles. The fraction of sp³-hybridized carbons (Fsp3) is 0.143. The highest BCUT2D eigenvalue weighted by molar-refractivity contribution is 5.64. The van der Waals surface area contributed by atoms with Crippen LogP contribution in [0.1, 0.15) is 11.8 Å². The van der Waals surface area contributed by atoms with Gasteiger partial charge in [-0.15, -0.1) is 0 Å². The Hall–Kier alpha value is -2.36. The molecule has 0 spiro atoms. The summed E-state index contributed by atoms with van der Waals surface area (Å²) in [5, 5.41) is 6.53. The molecule has 2 aliphatic rings. The van der Waals surface area contributed by atoms with E-state index in [0.29, 0.717) is 6.73 Å². The van der Waals surface area contributed by atoms with Crippen LogP contribution in [0, 0.1) is 0 Å². The van der Waals surface area contributed by atoms with Crippen molar-refractivity contribution in [2.45, 2.75) is 6.23 Å². The topological polar surface area (TPSA) is 42.5 Å². The molecule has 4 rings (SSSR count). The van der Waals surface area contributed by atoms with E-state index in [1.54, 1.807) is 0 Å². The minimum atomic E-state index is -0.130. The number of para-hydroxylation sites is 2. The lowest BCUT2D eigenvalue weighted by molar-refractivity contribution is 0.260. The molecule has 2 aliphatic heterocycles. The van der Waals surface area contributed by atoms with Gasteiger partial charge in [0.15, 0.2) is 13.0 Å². The predicted octanol–water partition coefficient (Wildman–Crippen LogP) is 2.95. The zero-order valence-electron chi connectivity index (χ0n) is 9.64. The molecular formula is C14H12N2O2. The molecule has 0 aromatic heterocycles. The van der Waals surface area contributed by atoms with Crippen LogP contribution in [0.2, 0.25) is 0 Å². The van der Waals surface area contributed by atoms with Gasteiger partial charge in [-0.25, -0.2) is 0 Å². The minimum Gasteiger partial charge on any atom is -0.471 e. The van der Waals surface area contributed by atoms with E-state index in [2.05, 4.69) is 16.7 Å². The normalized spacial score (nSPS) is 19.0. The first kappa shape index (κ1) is 9.65. The molecule has 0 saturated carbocycles. The average molecular weight is 240 g/mol. The quantitative estimate of drug-likeness (QED) is 0.804. The number of anilines is 2. The molecule has 0 bridgehead atoms. The predicted molar refractivity (Wildman–Crippen MR) is 69.0 cm³/mol. The summed E-state index contributed by atoms with van der Waals surface area (Å²) in [6.45, 7) is 0.540. The van der Waals surface area contributed by atoms with Crippen LogP contribution >= 0.6 is 0 Å². The molecule has 2 aromatic carbocycles. The Morgan fingerprint density at radius 1 is 1.00 bits per heavy atom. The maximum absolute atomic E-state index is 5.87. The van der Waals surface area contributed by atoms with Gasteiger partial charge in [0, 0.05) is 5.56 Å². The van der Waals surface area contributed by atoms with E-state index in [9.17, 15) is 0 Å². The molecular weight excluding hydrogens is 228 g/mol. The van der Waals surface area contributed by atoms with Crippen LogP contribution in [0.4, 0.5) is 11.4 Å². The van der Waals surface area contributed by atoms with Crippen molar-refractivity contribution in [3.05, 3.63) is 48.0 Å². The first-order valence-electron chi connectivity index (χ1n) is 5.93. The van der Waals surface area contributed by atoms with Gasteiger partial charge >= 0.3 is 0 Å². The summed E-state index contributed by atoms with van der Waals surface area (Å²) in [4.78, 5) is 0. The SMILES string of the molecule is c1ccc2c(c1)NC(c1ccc3c(c1)NCO3)O2. The van der Waals surface area contributed by atoms with Gasteiger partial charge < -0.3 is 20.1 Å². The highest BCUT2D eigenvalue weighted by Crippen LogP contribution is 2.39. The Kier molecular flexibility index (Phi) is 1.91. The van der Waals surface area contributed by atoms with Crippen LogP contribution in [0.5, 0.6) is 11.5 Å². The van der Waals surface area contributed by atoms with E-state index >= 15 is 0 Å². The van der Waals surface area contributed by atoms with Crippen molar-refractivity contribution in [1.29, 1.82) is 0 Å². The van der Waals surface area contributed by atoms with Crippen molar-refractivity contribution >= 4 is 11.4 Å². The van der Waals surface area contributed by atoms with Crippen LogP contribution in [0.25, 0.3) is 0 Å².